The van der Waals surface area contributed by atoms with Gasteiger partial charge in [-0.1, -0.05) is 26.0 Å². The Morgan fingerprint density at radius 3 is 2.53 bits per heavy atom. The number of hydrogen-bond donors (Lipinski definition) is 2. The lowest BCUT2D eigenvalue weighted by Crippen LogP contribution is -2.34. The normalized spacial score (nSPS) is 10.4. The van der Waals surface area contributed by atoms with E-state index in [1.807, 2.05) is 13.8 Å². The summed E-state index contributed by atoms with van der Waals surface area (Å²) in [5.74, 6) is -0.688. The molecule has 1 rings (SSSR count). The van der Waals surface area contributed by atoms with Crippen molar-refractivity contribution < 1.29 is 14.7 Å². The summed E-state index contributed by atoms with van der Waals surface area (Å²) in [6, 6.07) is 4.72. The third-order valence-electron chi connectivity index (χ3n) is 2.71. The molecule has 0 saturated carbocycles. The Morgan fingerprint density at radius 1 is 1.37 bits per heavy atom. The molecule has 5 heteroatoms. The van der Waals surface area contributed by atoms with E-state index in [0.717, 1.165) is 0 Å². The van der Waals surface area contributed by atoms with E-state index in [1.165, 1.54) is 0 Å². The minimum Gasteiger partial charge on any atom is -0.478 e. The number of amides is 2. The van der Waals surface area contributed by atoms with Gasteiger partial charge < -0.3 is 15.3 Å². The molecule has 0 bridgehead atoms. The first-order chi connectivity index (χ1) is 8.82. The summed E-state index contributed by atoms with van der Waals surface area (Å²) in [6.45, 7) is 6.34. The van der Waals surface area contributed by atoms with Crippen LogP contribution in [-0.2, 0) is 0 Å². The van der Waals surface area contributed by atoms with Gasteiger partial charge in [-0.2, -0.15) is 0 Å². The minimum atomic E-state index is -1.04. The van der Waals surface area contributed by atoms with E-state index in [2.05, 4.69) is 5.32 Å². The third-order valence-corrected chi connectivity index (χ3v) is 2.71. The number of nitrogens with one attached hydrogen (secondary N) is 1. The summed E-state index contributed by atoms with van der Waals surface area (Å²) in [7, 11) is 1.69. The van der Waals surface area contributed by atoms with E-state index in [0.29, 0.717) is 23.7 Å². The zero-order valence-electron chi connectivity index (χ0n) is 11.7. The molecule has 104 valence electrons. The van der Waals surface area contributed by atoms with Crippen molar-refractivity contribution in [3.05, 3.63) is 29.3 Å². The van der Waals surface area contributed by atoms with Crippen LogP contribution in [0.15, 0.2) is 18.2 Å². The second kappa shape index (κ2) is 6.22. The molecule has 0 aromatic heterocycles. The third kappa shape index (κ3) is 3.98. The summed E-state index contributed by atoms with van der Waals surface area (Å²) >= 11 is 0. The standard InChI is InChI=1S/C14H20N2O3/c1-9(2)8-16(4)14(19)15-11-7-5-6-10(3)12(11)13(17)18/h5-7,9H,8H2,1-4H3,(H,15,19)(H,17,18). The van der Waals surface area contributed by atoms with Crippen molar-refractivity contribution in [3.8, 4) is 0 Å². The second-order valence-electron chi connectivity index (χ2n) is 5.01. The highest BCUT2D eigenvalue weighted by atomic mass is 16.4. The van der Waals surface area contributed by atoms with Gasteiger partial charge in [0, 0.05) is 13.6 Å². The quantitative estimate of drug-likeness (QED) is 0.878. The van der Waals surface area contributed by atoms with Crippen LogP contribution in [0.1, 0.15) is 29.8 Å². The van der Waals surface area contributed by atoms with Gasteiger partial charge in [-0.15, -0.1) is 0 Å². The van der Waals surface area contributed by atoms with Crippen molar-refractivity contribution >= 4 is 17.7 Å². The van der Waals surface area contributed by atoms with Crippen LogP contribution in [0.4, 0.5) is 10.5 Å². The van der Waals surface area contributed by atoms with Crippen LogP contribution in [0.2, 0.25) is 0 Å². The molecule has 2 amide bonds. The number of urea groups is 1. The zero-order chi connectivity index (χ0) is 14.6. The van der Waals surface area contributed by atoms with Gasteiger partial charge in [0.2, 0.25) is 0 Å². The molecule has 2 N–H and O–H groups in total. The fraction of sp³-hybridized carbons (Fsp3) is 0.429. The molecule has 0 fully saturated rings. The molecule has 5 nitrogen and oxygen atoms in total. The van der Waals surface area contributed by atoms with E-state index < -0.39 is 5.97 Å². The van der Waals surface area contributed by atoms with Crippen LogP contribution in [0, 0.1) is 12.8 Å². The number of carboxylic acid groups (broad SMARTS) is 1. The molecule has 0 aliphatic carbocycles. The lowest BCUT2D eigenvalue weighted by atomic mass is 10.1. The first-order valence-corrected chi connectivity index (χ1v) is 6.18. The molecule has 0 heterocycles. The van der Waals surface area contributed by atoms with Gasteiger partial charge in [0.15, 0.2) is 0 Å². The number of aryl methyl sites for hydroxylation is 1. The van der Waals surface area contributed by atoms with Gasteiger partial charge in [-0.3, -0.25) is 0 Å². The van der Waals surface area contributed by atoms with Crippen molar-refractivity contribution in [3.63, 3.8) is 0 Å². The maximum atomic E-state index is 12.0. The summed E-state index contributed by atoms with van der Waals surface area (Å²) in [5.41, 5.74) is 1.08. The van der Waals surface area contributed by atoms with Crippen LogP contribution in [0.25, 0.3) is 0 Å². The summed E-state index contributed by atoms with van der Waals surface area (Å²) in [5, 5.41) is 11.8. The summed E-state index contributed by atoms with van der Waals surface area (Å²) < 4.78 is 0. The number of anilines is 1. The van der Waals surface area contributed by atoms with E-state index in [9.17, 15) is 14.7 Å². The first-order valence-electron chi connectivity index (χ1n) is 6.18. The highest BCUT2D eigenvalue weighted by Crippen LogP contribution is 2.20. The highest BCUT2D eigenvalue weighted by Gasteiger charge is 2.16. The molecule has 0 radical (unpaired) electrons. The number of hydrogen-bond acceptors (Lipinski definition) is 2. The molecule has 0 spiro atoms. The number of benzene rings is 1. The van der Waals surface area contributed by atoms with Crippen LogP contribution in [-0.4, -0.2) is 35.6 Å². The fourth-order valence-electron chi connectivity index (χ4n) is 1.90. The average molecular weight is 264 g/mol. The van der Waals surface area contributed by atoms with Crippen molar-refractivity contribution in [2.45, 2.75) is 20.8 Å². The van der Waals surface area contributed by atoms with Gasteiger partial charge in [-0.25, -0.2) is 9.59 Å². The van der Waals surface area contributed by atoms with Gasteiger partial charge in [0.25, 0.3) is 0 Å². The second-order valence-corrected chi connectivity index (χ2v) is 5.01. The summed E-state index contributed by atoms with van der Waals surface area (Å²) in [4.78, 5) is 24.7. The molecule has 1 aromatic carbocycles. The predicted octanol–water partition coefficient (Wildman–Crippen LogP) is 2.81. The number of aromatic carboxylic acids is 1. The van der Waals surface area contributed by atoms with Crippen LogP contribution < -0.4 is 5.32 Å². The molecule has 0 atom stereocenters. The SMILES string of the molecule is Cc1cccc(NC(=O)N(C)CC(C)C)c1C(=O)O. The van der Waals surface area contributed by atoms with E-state index in [4.69, 9.17) is 0 Å². The van der Waals surface area contributed by atoms with E-state index in [1.54, 1.807) is 37.1 Å². The van der Waals surface area contributed by atoms with Gasteiger partial charge >= 0.3 is 12.0 Å². The first kappa shape index (κ1) is 15.0. The van der Waals surface area contributed by atoms with Gasteiger partial charge in [0.05, 0.1) is 11.3 Å². The topological polar surface area (TPSA) is 69.6 Å². The van der Waals surface area contributed by atoms with Gasteiger partial charge in [0.1, 0.15) is 0 Å². The smallest absolute Gasteiger partial charge is 0.338 e. The Bertz CT molecular complexity index is 484. The maximum Gasteiger partial charge on any atom is 0.338 e. The summed E-state index contributed by atoms with van der Waals surface area (Å²) in [6.07, 6.45) is 0. The molecule has 0 unspecified atom stereocenters. The Morgan fingerprint density at radius 2 is 2.00 bits per heavy atom. The molecular weight excluding hydrogens is 244 g/mol. The van der Waals surface area contributed by atoms with Gasteiger partial charge in [-0.05, 0) is 24.5 Å². The minimum absolute atomic E-state index is 0.133. The Balaban J connectivity index is 2.91. The van der Waals surface area contributed by atoms with Crippen LogP contribution in [0.3, 0.4) is 0 Å². The van der Waals surface area contributed by atoms with Crippen molar-refractivity contribution in [1.82, 2.24) is 4.90 Å². The van der Waals surface area contributed by atoms with Crippen molar-refractivity contribution in [2.75, 3.05) is 18.9 Å². The Kier molecular flexibility index (Phi) is 4.92. The fourth-order valence-corrected chi connectivity index (χ4v) is 1.90. The molecule has 19 heavy (non-hydrogen) atoms. The molecule has 0 aliphatic heterocycles. The lowest BCUT2D eigenvalue weighted by molar-refractivity contribution is 0.0697. The highest BCUT2D eigenvalue weighted by molar-refractivity contribution is 6.01. The molecule has 0 saturated heterocycles. The van der Waals surface area contributed by atoms with Crippen LogP contribution >= 0.6 is 0 Å². The monoisotopic (exact) mass is 264 g/mol. The molecule has 1 aromatic rings. The number of nitrogens with zero attached hydrogens (tertiary/aromatic N) is 1. The van der Waals surface area contributed by atoms with E-state index >= 15 is 0 Å². The number of carbonyl (C=O) groups is 2. The van der Waals surface area contributed by atoms with E-state index in [-0.39, 0.29) is 11.6 Å². The molecule has 0 aliphatic rings. The Labute approximate surface area is 113 Å². The average Bonchev–Trinajstić information content (AvgIpc) is 2.27. The molecular formula is C14H20N2O3. The lowest BCUT2D eigenvalue weighted by Gasteiger charge is -2.20. The predicted molar refractivity (Wildman–Crippen MR) is 74.6 cm³/mol. The van der Waals surface area contributed by atoms with Crippen molar-refractivity contribution in [1.29, 1.82) is 0 Å². The maximum absolute atomic E-state index is 12.0. The zero-order valence-corrected chi connectivity index (χ0v) is 11.7. The van der Waals surface area contributed by atoms with Crippen LogP contribution in [0.5, 0.6) is 0 Å². The number of rotatable bonds is 4. The number of carboxylic acids is 1. The Hall–Kier alpha value is -2.04. The largest absolute Gasteiger partial charge is 0.478 e. The van der Waals surface area contributed by atoms with Crippen molar-refractivity contribution in [2.24, 2.45) is 5.92 Å². The number of carbonyl (C=O) groups excluding carboxylic acids is 1.